The molecule has 0 saturated carbocycles. The van der Waals surface area contributed by atoms with E-state index in [1.54, 1.807) is 12.1 Å². The van der Waals surface area contributed by atoms with E-state index in [-0.39, 0.29) is 0 Å². The van der Waals surface area contributed by atoms with E-state index in [9.17, 15) is 0 Å². The summed E-state index contributed by atoms with van der Waals surface area (Å²) < 4.78 is 12.7. The van der Waals surface area contributed by atoms with Gasteiger partial charge in [0.25, 0.3) is 0 Å². The Hall–Kier alpha value is -1.43. The fourth-order valence-corrected chi connectivity index (χ4v) is 4.17. The summed E-state index contributed by atoms with van der Waals surface area (Å²) in [6.07, 6.45) is 0. The molecule has 7 heteroatoms. The Balaban J connectivity index is 1.70. The summed E-state index contributed by atoms with van der Waals surface area (Å²) in [5.74, 6) is 1.31. The molecule has 0 aliphatic heterocycles. The molecule has 3 aromatic carbocycles. The number of rotatable bonds is 9. The Kier molecular flexibility index (Phi) is 8.72. The number of ether oxygens (including phenoxy) is 2. The smallest absolute Gasteiger partial charge is 0.175 e. The van der Waals surface area contributed by atoms with E-state index < -0.39 is 0 Å². The van der Waals surface area contributed by atoms with Gasteiger partial charge in [-0.2, -0.15) is 0 Å². The lowest BCUT2D eigenvalue weighted by Crippen LogP contribution is -2.13. The number of hydrogen-bond acceptors (Lipinski definition) is 3. The van der Waals surface area contributed by atoms with Crippen molar-refractivity contribution in [1.29, 1.82) is 0 Å². The minimum absolute atomic E-state index is 0.304. The van der Waals surface area contributed by atoms with Crippen molar-refractivity contribution < 1.29 is 9.47 Å². The zero-order chi connectivity index (χ0) is 21.5. The third-order valence-electron chi connectivity index (χ3n) is 4.36. The van der Waals surface area contributed by atoms with Crippen LogP contribution in [0.1, 0.15) is 23.6 Å². The van der Waals surface area contributed by atoms with Gasteiger partial charge in [-0.05, 0) is 64.3 Å². The van der Waals surface area contributed by atoms with E-state index in [1.165, 1.54) is 0 Å². The Morgan fingerprint density at radius 2 is 1.67 bits per heavy atom. The maximum atomic E-state index is 6.26. The summed E-state index contributed by atoms with van der Waals surface area (Å²) in [6.45, 7) is 4.11. The van der Waals surface area contributed by atoms with E-state index in [0.717, 1.165) is 26.2 Å². The van der Waals surface area contributed by atoms with E-state index in [1.807, 2.05) is 49.4 Å². The van der Waals surface area contributed by atoms with Crippen molar-refractivity contribution >= 4 is 50.7 Å². The number of hydrogen-bond donors (Lipinski definition) is 1. The van der Waals surface area contributed by atoms with Crippen LogP contribution < -0.4 is 14.8 Å². The second-order valence-electron chi connectivity index (χ2n) is 6.56. The molecule has 0 heterocycles. The molecule has 0 aliphatic carbocycles. The lowest BCUT2D eigenvalue weighted by atomic mass is 10.1. The van der Waals surface area contributed by atoms with E-state index in [4.69, 9.17) is 44.3 Å². The van der Waals surface area contributed by atoms with Gasteiger partial charge in [0.2, 0.25) is 0 Å². The highest BCUT2D eigenvalue weighted by atomic mass is 79.9. The van der Waals surface area contributed by atoms with Gasteiger partial charge < -0.3 is 14.8 Å². The van der Waals surface area contributed by atoms with Crippen molar-refractivity contribution in [1.82, 2.24) is 5.32 Å². The van der Waals surface area contributed by atoms with Crippen LogP contribution in [0.2, 0.25) is 15.1 Å². The van der Waals surface area contributed by atoms with Gasteiger partial charge in [0.1, 0.15) is 6.61 Å². The zero-order valence-corrected chi connectivity index (χ0v) is 20.2. The van der Waals surface area contributed by atoms with Crippen molar-refractivity contribution in [3.05, 3.63) is 90.8 Å². The maximum Gasteiger partial charge on any atom is 0.175 e. The van der Waals surface area contributed by atoms with E-state index in [0.29, 0.717) is 47.8 Å². The molecule has 0 unspecified atom stereocenters. The van der Waals surface area contributed by atoms with Crippen molar-refractivity contribution in [3.63, 3.8) is 0 Å². The molecule has 3 nitrogen and oxygen atoms in total. The predicted molar refractivity (Wildman–Crippen MR) is 128 cm³/mol. The highest BCUT2D eigenvalue weighted by molar-refractivity contribution is 9.10. The Bertz CT molecular complexity index is 1010. The quantitative estimate of drug-likeness (QED) is 0.308. The van der Waals surface area contributed by atoms with E-state index >= 15 is 0 Å². The van der Waals surface area contributed by atoms with Crippen LogP contribution in [0.3, 0.4) is 0 Å². The zero-order valence-electron chi connectivity index (χ0n) is 16.4. The van der Waals surface area contributed by atoms with Gasteiger partial charge >= 0.3 is 0 Å². The lowest BCUT2D eigenvalue weighted by molar-refractivity contribution is 0.267. The largest absolute Gasteiger partial charge is 0.490 e. The Labute approximate surface area is 200 Å². The summed E-state index contributed by atoms with van der Waals surface area (Å²) in [5.41, 5.74) is 2.97. The minimum Gasteiger partial charge on any atom is -0.490 e. The summed E-state index contributed by atoms with van der Waals surface area (Å²) in [7, 11) is 0. The maximum absolute atomic E-state index is 6.26. The Morgan fingerprint density at radius 3 is 2.40 bits per heavy atom. The van der Waals surface area contributed by atoms with Crippen LogP contribution in [0.25, 0.3) is 0 Å². The molecule has 0 atom stereocenters. The van der Waals surface area contributed by atoms with Crippen molar-refractivity contribution in [2.24, 2.45) is 0 Å². The molecule has 0 aromatic heterocycles. The molecule has 0 saturated heterocycles. The van der Waals surface area contributed by atoms with Crippen LogP contribution in [0.15, 0.2) is 59.1 Å². The minimum atomic E-state index is 0.304. The van der Waals surface area contributed by atoms with Crippen LogP contribution in [0, 0.1) is 0 Å². The topological polar surface area (TPSA) is 30.5 Å². The molecule has 0 bridgehead atoms. The Morgan fingerprint density at radius 1 is 0.867 bits per heavy atom. The molecule has 0 spiro atoms. The average Bonchev–Trinajstić information content (AvgIpc) is 2.70. The van der Waals surface area contributed by atoms with Gasteiger partial charge in [-0.3, -0.25) is 0 Å². The average molecular weight is 530 g/mol. The first-order valence-corrected chi connectivity index (χ1v) is 11.4. The third kappa shape index (κ3) is 6.29. The summed E-state index contributed by atoms with van der Waals surface area (Å²) in [4.78, 5) is 0. The van der Waals surface area contributed by atoms with Crippen molar-refractivity contribution in [2.45, 2.75) is 26.6 Å². The molecule has 0 amide bonds. The number of nitrogens with one attached hydrogen (secondary N) is 1. The van der Waals surface area contributed by atoms with Gasteiger partial charge in [-0.15, -0.1) is 0 Å². The predicted octanol–water partition coefficient (Wildman–Crippen LogP) is 7.68. The second kappa shape index (κ2) is 11.3. The number of halogens is 4. The van der Waals surface area contributed by atoms with Crippen LogP contribution in [-0.2, 0) is 19.7 Å². The summed E-state index contributed by atoms with van der Waals surface area (Å²) >= 11 is 22.1. The normalized spacial score (nSPS) is 10.8. The molecule has 3 rings (SSSR count). The summed E-state index contributed by atoms with van der Waals surface area (Å²) in [5, 5.41) is 5.33. The molecule has 1 N–H and O–H groups in total. The standard InChI is InChI=1S/C23H21BrCl3NO2/c1-2-29-22-10-15(12-28-13-16-5-3-4-6-20(16)26)9-19(24)23(22)30-14-17-7-8-18(25)11-21(17)27/h3-11,28H,2,12-14H2,1H3. The summed E-state index contributed by atoms with van der Waals surface area (Å²) in [6, 6.07) is 17.1. The lowest BCUT2D eigenvalue weighted by Gasteiger charge is -2.16. The SMILES string of the molecule is CCOc1cc(CNCc2ccccc2Cl)cc(Br)c1OCc1ccc(Cl)cc1Cl. The molecular weight excluding hydrogens is 509 g/mol. The van der Waals surface area contributed by atoms with Crippen molar-refractivity contribution in [3.8, 4) is 11.5 Å². The highest BCUT2D eigenvalue weighted by Crippen LogP contribution is 2.38. The fourth-order valence-electron chi connectivity index (χ4n) is 2.90. The van der Waals surface area contributed by atoms with Gasteiger partial charge in [-0.1, -0.05) is 59.1 Å². The first-order chi connectivity index (χ1) is 14.5. The first-order valence-electron chi connectivity index (χ1n) is 9.44. The van der Waals surface area contributed by atoms with Gasteiger partial charge in [0.15, 0.2) is 11.5 Å². The van der Waals surface area contributed by atoms with Crippen LogP contribution in [0.5, 0.6) is 11.5 Å². The van der Waals surface area contributed by atoms with Gasteiger partial charge in [-0.25, -0.2) is 0 Å². The highest BCUT2D eigenvalue weighted by Gasteiger charge is 2.14. The van der Waals surface area contributed by atoms with Gasteiger partial charge in [0, 0.05) is 33.7 Å². The van der Waals surface area contributed by atoms with E-state index in [2.05, 4.69) is 21.2 Å². The molecule has 3 aromatic rings. The molecule has 0 radical (unpaired) electrons. The first kappa shape index (κ1) is 23.2. The molecule has 158 valence electrons. The monoisotopic (exact) mass is 527 g/mol. The third-order valence-corrected chi connectivity index (χ3v) is 5.90. The van der Waals surface area contributed by atoms with Crippen LogP contribution >= 0.6 is 50.7 Å². The second-order valence-corrected chi connectivity index (χ2v) is 8.66. The van der Waals surface area contributed by atoms with Crippen molar-refractivity contribution in [2.75, 3.05) is 6.61 Å². The molecule has 0 aliphatic rings. The number of benzene rings is 3. The fraction of sp³-hybridized carbons (Fsp3) is 0.217. The van der Waals surface area contributed by atoms with Crippen LogP contribution in [-0.4, -0.2) is 6.61 Å². The van der Waals surface area contributed by atoms with Gasteiger partial charge in [0.05, 0.1) is 11.1 Å². The molecule has 0 fully saturated rings. The van der Waals surface area contributed by atoms with Crippen LogP contribution in [0.4, 0.5) is 0 Å². The molecule has 30 heavy (non-hydrogen) atoms. The molecular formula is C23H21BrCl3NO2.